The summed E-state index contributed by atoms with van der Waals surface area (Å²) in [6.07, 6.45) is 0.663. The zero-order chi connectivity index (χ0) is 18.0. The van der Waals surface area contributed by atoms with Gasteiger partial charge in [0.15, 0.2) is 0 Å². The molecule has 8 heteroatoms. The number of hydrogen-bond donors (Lipinski definition) is 3. The molecule has 1 amide bonds. The highest BCUT2D eigenvalue weighted by Gasteiger charge is 2.29. The van der Waals surface area contributed by atoms with Gasteiger partial charge < -0.3 is 15.5 Å². The molecule has 0 saturated heterocycles. The first-order chi connectivity index (χ1) is 12.0. The third-order valence-electron chi connectivity index (χ3n) is 4.01. The standard InChI is InChI=1S/C17H16N2O5S/c20-14(17(23)24)18-15-13(16(21)22)11-9-19(7-6-12(11)25-15)8-10-4-2-1-3-5-10/h1-5H,6-9H2,(H,18,20)(H,21,22)(H,23,24). The molecule has 1 aromatic carbocycles. The molecule has 0 atom stereocenters. The number of carboxylic acid groups (broad SMARTS) is 2. The lowest BCUT2D eigenvalue weighted by molar-refractivity contribution is -0.147. The highest BCUT2D eigenvalue weighted by molar-refractivity contribution is 7.17. The number of hydrogen-bond acceptors (Lipinski definition) is 5. The minimum absolute atomic E-state index is 0.00707. The summed E-state index contributed by atoms with van der Waals surface area (Å²) in [6.45, 7) is 1.92. The van der Waals surface area contributed by atoms with Crippen molar-refractivity contribution in [2.24, 2.45) is 0 Å². The summed E-state index contributed by atoms with van der Waals surface area (Å²) < 4.78 is 0. The van der Waals surface area contributed by atoms with Gasteiger partial charge in [0.2, 0.25) is 0 Å². The number of carbonyl (C=O) groups is 3. The number of fused-ring (bicyclic) bond motifs is 1. The van der Waals surface area contributed by atoms with Gasteiger partial charge >= 0.3 is 17.8 Å². The Morgan fingerprint density at radius 3 is 2.52 bits per heavy atom. The number of aromatic carboxylic acids is 1. The maximum atomic E-state index is 11.7. The molecule has 25 heavy (non-hydrogen) atoms. The number of benzene rings is 1. The van der Waals surface area contributed by atoms with Crippen LogP contribution in [0.25, 0.3) is 0 Å². The molecule has 0 radical (unpaired) electrons. The van der Waals surface area contributed by atoms with Gasteiger partial charge in [0, 0.05) is 24.5 Å². The number of carboxylic acids is 2. The highest BCUT2D eigenvalue weighted by atomic mass is 32.1. The van der Waals surface area contributed by atoms with E-state index in [1.807, 2.05) is 30.3 Å². The summed E-state index contributed by atoms with van der Waals surface area (Å²) in [5.41, 5.74) is 1.78. The van der Waals surface area contributed by atoms with Crippen molar-refractivity contribution in [3.05, 3.63) is 51.9 Å². The van der Waals surface area contributed by atoms with Crippen LogP contribution in [0.4, 0.5) is 5.00 Å². The molecule has 2 heterocycles. The Bertz CT molecular complexity index is 831. The van der Waals surface area contributed by atoms with Crippen molar-refractivity contribution in [3.63, 3.8) is 0 Å². The average molecular weight is 360 g/mol. The first-order valence-electron chi connectivity index (χ1n) is 7.64. The Kier molecular flexibility index (Phi) is 4.82. The van der Waals surface area contributed by atoms with Crippen LogP contribution < -0.4 is 5.32 Å². The number of nitrogens with zero attached hydrogens (tertiary/aromatic N) is 1. The highest BCUT2D eigenvalue weighted by Crippen LogP contribution is 2.37. The first kappa shape index (κ1) is 17.1. The molecule has 0 fully saturated rings. The smallest absolute Gasteiger partial charge is 0.394 e. The molecule has 3 rings (SSSR count). The number of anilines is 1. The van der Waals surface area contributed by atoms with Gasteiger partial charge in [-0.2, -0.15) is 0 Å². The zero-order valence-electron chi connectivity index (χ0n) is 13.2. The van der Waals surface area contributed by atoms with Crippen LogP contribution in [0.15, 0.2) is 30.3 Å². The van der Waals surface area contributed by atoms with Crippen molar-refractivity contribution >= 4 is 34.2 Å². The van der Waals surface area contributed by atoms with Crippen LogP contribution in [-0.4, -0.2) is 39.5 Å². The third-order valence-corrected chi connectivity index (χ3v) is 5.22. The van der Waals surface area contributed by atoms with Gasteiger partial charge in [-0.05, 0) is 17.5 Å². The van der Waals surface area contributed by atoms with Gasteiger partial charge in [-0.3, -0.25) is 9.69 Å². The quantitative estimate of drug-likeness (QED) is 0.720. The van der Waals surface area contributed by atoms with E-state index in [9.17, 15) is 19.5 Å². The van der Waals surface area contributed by atoms with Crippen molar-refractivity contribution in [3.8, 4) is 0 Å². The van der Waals surface area contributed by atoms with E-state index in [-0.39, 0.29) is 10.6 Å². The molecule has 0 spiro atoms. The molecule has 1 aliphatic heterocycles. The van der Waals surface area contributed by atoms with Crippen LogP contribution in [0.1, 0.15) is 26.4 Å². The maximum Gasteiger partial charge on any atom is 0.394 e. The summed E-state index contributed by atoms with van der Waals surface area (Å²) in [5, 5.41) is 20.5. The molecule has 130 valence electrons. The summed E-state index contributed by atoms with van der Waals surface area (Å²) >= 11 is 1.14. The minimum atomic E-state index is -1.64. The lowest BCUT2D eigenvalue weighted by Gasteiger charge is -2.27. The molecule has 1 aliphatic rings. The third kappa shape index (κ3) is 3.70. The van der Waals surface area contributed by atoms with Gasteiger partial charge in [-0.1, -0.05) is 30.3 Å². The van der Waals surface area contributed by atoms with E-state index in [1.54, 1.807) is 0 Å². The predicted molar refractivity (Wildman–Crippen MR) is 91.8 cm³/mol. The lowest BCUT2D eigenvalue weighted by atomic mass is 10.0. The van der Waals surface area contributed by atoms with Crippen molar-refractivity contribution in [2.75, 3.05) is 11.9 Å². The van der Waals surface area contributed by atoms with Gasteiger partial charge in [0.1, 0.15) is 5.00 Å². The summed E-state index contributed by atoms with van der Waals surface area (Å²) in [6, 6.07) is 9.88. The molecule has 0 saturated carbocycles. The van der Waals surface area contributed by atoms with E-state index < -0.39 is 17.8 Å². The fourth-order valence-corrected chi connectivity index (χ4v) is 4.08. The molecule has 2 aromatic rings. The second kappa shape index (κ2) is 7.04. The van der Waals surface area contributed by atoms with E-state index in [0.717, 1.165) is 28.3 Å². The monoisotopic (exact) mass is 360 g/mol. The molecule has 1 aromatic heterocycles. The Morgan fingerprint density at radius 1 is 1.16 bits per heavy atom. The van der Waals surface area contributed by atoms with Crippen molar-refractivity contribution in [2.45, 2.75) is 19.5 Å². The Hall–Kier alpha value is -2.71. The van der Waals surface area contributed by atoms with Crippen LogP contribution in [0.2, 0.25) is 0 Å². The van der Waals surface area contributed by atoms with E-state index in [0.29, 0.717) is 25.1 Å². The Morgan fingerprint density at radius 2 is 1.88 bits per heavy atom. The SMILES string of the molecule is O=C(O)C(=O)Nc1sc2c(c1C(=O)O)CN(Cc1ccccc1)CC2. The van der Waals surface area contributed by atoms with Gasteiger partial charge in [-0.25, -0.2) is 9.59 Å². The number of thiophene rings is 1. The molecule has 0 unspecified atom stereocenters. The van der Waals surface area contributed by atoms with Crippen LogP contribution in [0.3, 0.4) is 0 Å². The lowest BCUT2D eigenvalue weighted by Crippen LogP contribution is -2.30. The van der Waals surface area contributed by atoms with E-state index in [1.165, 1.54) is 0 Å². The summed E-state index contributed by atoms with van der Waals surface area (Å²) in [7, 11) is 0. The number of carbonyl (C=O) groups excluding carboxylic acids is 1. The summed E-state index contributed by atoms with van der Waals surface area (Å²) in [4.78, 5) is 36.8. The summed E-state index contributed by atoms with van der Waals surface area (Å²) in [5.74, 6) is -4.05. The topological polar surface area (TPSA) is 107 Å². The van der Waals surface area contributed by atoms with E-state index in [4.69, 9.17) is 5.11 Å². The normalized spacial score (nSPS) is 13.9. The number of rotatable bonds is 4. The molecule has 7 nitrogen and oxygen atoms in total. The van der Waals surface area contributed by atoms with Gasteiger partial charge in [-0.15, -0.1) is 11.3 Å². The molecule has 3 N–H and O–H groups in total. The van der Waals surface area contributed by atoms with Crippen LogP contribution in [0, 0.1) is 0 Å². The van der Waals surface area contributed by atoms with Crippen molar-refractivity contribution < 1.29 is 24.6 Å². The average Bonchev–Trinajstić information content (AvgIpc) is 2.93. The number of amides is 1. The van der Waals surface area contributed by atoms with Gasteiger partial charge in [0.05, 0.1) is 5.56 Å². The van der Waals surface area contributed by atoms with Crippen molar-refractivity contribution in [1.29, 1.82) is 0 Å². The van der Waals surface area contributed by atoms with Crippen LogP contribution in [-0.2, 0) is 29.1 Å². The zero-order valence-corrected chi connectivity index (χ0v) is 14.0. The van der Waals surface area contributed by atoms with E-state index in [2.05, 4.69) is 10.2 Å². The Labute approximate surface area is 147 Å². The molecular weight excluding hydrogens is 344 g/mol. The van der Waals surface area contributed by atoms with Crippen LogP contribution >= 0.6 is 11.3 Å². The second-order valence-electron chi connectivity index (χ2n) is 5.72. The second-order valence-corrected chi connectivity index (χ2v) is 6.82. The first-order valence-corrected chi connectivity index (χ1v) is 8.45. The van der Waals surface area contributed by atoms with Gasteiger partial charge in [0.25, 0.3) is 0 Å². The Balaban J connectivity index is 1.85. The molecular formula is C17H16N2O5S. The van der Waals surface area contributed by atoms with E-state index >= 15 is 0 Å². The molecule has 0 bridgehead atoms. The fraction of sp³-hybridized carbons (Fsp3) is 0.235. The minimum Gasteiger partial charge on any atom is -0.478 e. The fourth-order valence-electron chi connectivity index (χ4n) is 2.89. The number of nitrogens with one attached hydrogen (secondary N) is 1. The largest absolute Gasteiger partial charge is 0.478 e. The number of aliphatic carboxylic acids is 1. The predicted octanol–water partition coefficient (Wildman–Crippen LogP) is 2.03. The van der Waals surface area contributed by atoms with Crippen molar-refractivity contribution in [1.82, 2.24) is 4.90 Å². The maximum absolute atomic E-state index is 11.7. The van der Waals surface area contributed by atoms with Crippen LogP contribution in [0.5, 0.6) is 0 Å². The molecule has 0 aliphatic carbocycles.